The first kappa shape index (κ1) is 37.8. The second kappa shape index (κ2) is 15.6. The summed E-state index contributed by atoms with van der Waals surface area (Å²) in [5.74, 6) is 0.720. The molecule has 3 aromatic rings. The van der Waals surface area contributed by atoms with Crippen molar-refractivity contribution in [3.05, 3.63) is 78.2 Å². The average molecular weight is 715 g/mol. The van der Waals surface area contributed by atoms with E-state index in [0.29, 0.717) is 25.7 Å². The maximum Gasteiger partial charge on any atom is 0.410 e. The quantitative estimate of drug-likeness (QED) is 0.234. The van der Waals surface area contributed by atoms with Crippen molar-refractivity contribution < 1.29 is 18.7 Å². The summed E-state index contributed by atoms with van der Waals surface area (Å²) in [5, 5.41) is 0. The van der Waals surface area contributed by atoms with E-state index < -0.39 is 28.8 Å². The predicted octanol–water partition coefficient (Wildman–Crippen LogP) is 8.41. The van der Waals surface area contributed by atoms with Gasteiger partial charge in [-0.25, -0.2) is 19.0 Å². The first-order valence-corrected chi connectivity index (χ1v) is 19.3. The predicted molar refractivity (Wildman–Crippen MR) is 204 cm³/mol. The van der Waals surface area contributed by atoms with Crippen LogP contribution in [0, 0.1) is 5.41 Å². The number of hydrogen-bond acceptors (Lipinski definition) is 5. The molecule has 9 nitrogen and oxygen atoms in total. The Morgan fingerprint density at radius 3 is 2.13 bits per heavy atom. The lowest BCUT2D eigenvalue weighted by molar-refractivity contribution is 0.0156. The molecule has 0 spiro atoms. The molecule has 2 atom stereocenters. The molecule has 2 aromatic carbocycles. The Bertz CT molecular complexity index is 1640. The number of carbonyl (C=O) groups is 2. The van der Waals surface area contributed by atoms with Gasteiger partial charge in [-0.05, 0) is 70.5 Å². The second-order valence-corrected chi connectivity index (χ2v) is 17.3. The normalized spacial score (nSPS) is 21.3. The number of ether oxygens (including phenoxy) is 1. The van der Waals surface area contributed by atoms with Crippen LogP contribution in [0.4, 0.5) is 14.0 Å². The van der Waals surface area contributed by atoms with Crippen LogP contribution in [0.15, 0.2) is 66.9 Å². The Morgan fingerprint density at radius 1 is 0.885 bits per heavy atom. The summed E-state index contributed by atoms with van der Waals surface area (Å²) >= 11 is 0. The van der Waals surface area contributed by atoms with E-state index in [9.17, 15) is 4.79 Å². The molecule has 52 heavy (non-hydrogen) atoms. The lowest BCUT2D eigenvalue weighted by atomic mass is 9.84. The molecule has 1 aromatic heterocycles. The number of alkyl halides is 1. The van der Waals surface area contributed by atoms with Crippen molar-refractivity contribution in [2.75, 3.05) is 45.8 Å². The summed E-state index contributed by atoms with van der Waals surface area (Å²) in [6, 6.07) is 20.0. The van der Waals surface area contributed by atoms with E-state index in [2.05, 4.69) is 48.6 Å². The number of benzene rings is 2. The zero-order chi connectivity index (χ0) is 37.1. The van der Waals surface area contributed by atoms with Crippen molar-refractivity contribution in [3.8, 4) is 11.3 Å². The monoisotopic (exact) mass is 714 g/mol. The number of hydrogen-bond donors (Lipinski definition) is 0. The number of urea groups is 1. The number of nitrogens with zero attached hydrogens (tertiary/aromatic N) is 6. The number of carbonyl (C=O) groups excluding carboxylic acids is 2. The molecule has 282 valence electrons. The van der Waals surface area contributed by atoms with Crippen molar-refractivity contribution >= 4 is 12.1 Å². The van der Waals surface area contributed by atoms with Crippen LogP contribution in [0.3, 0.4) is 0 Å². The number of imidazole rings is 1. The topological polar surface area (TPSA) is 74.2 Å². The van der Waals surface area contributed by atoms with Gasteiger partial charge in [0.2, 0.25) is 0 Å². The zero-order valence-electron chi connectivity index (χ0n) is 32.2. The van der Waals surface area contributed by atoms with Gasteiger partial charge in [-0.2, -0.15) is 0 Å². The standard InChI is InChI=1S/C42H59FN6O3/c1-40(2,3)36(37-44-35(33-18-12-8-13-19-33)29-48(37)28-32-16-10-7-11-17-32)49(31-42(43)22-27-47(30-42)39(51)52-41(4,5)6)38(50)46-25-20-34(21-26-46)45-23-14-9-15-24-45/h7-8,10-13,16-19,29,34,36H,9,14-15,20-28,30-31H2,1-6H3/t36?,42-/m0/s1. The molecule has 0 aliphatic carbocycles. The molecule has 3 aliphatic heterocycles. The number of likely N-dealkylation sites (tertiary alicyclic amines) is 3. The first-order chi connectivity index (χ1) is 24.7. The third-order valence-corrected chi connectivity index (χ3v) is 10.7. The highest BCUT2D eigenvalue weighted by Gasteiger charge is 2.49. The SMILES string of the molecule is CC(C)(C)OC(=O)N1CC[C@@](F)(CN(C(=O)N2CCC(N3CCCCC3)CC2)C(c2nc(-c3ccccc3)cn2Cc2ccccc2)C(C)(C)C)C1. The minimum Gasteiger partial charge on any atom is -0.444 e. The Hall–Kier alpha value is -3.92. The van der Waals surface area contributed by atoms with E-state index in [1.165, 1.54) is 24.2 Å². The van der Waals surface area contributed by atoms with Crippen LogP contribution in [-0.2, 0) is 11.3 Å². The molecule has 3 aliphatic rings. The van der Waals surface area contributed by atoms with Crippen LogP contribution in [0.2, 0.25) is 0 Å². The van der Waals surface area contributed by atoms with Crippen LogP contribution in [0.5, 0.6) is 0 Å². The lowest BCUT2D eigenvalue weighted by Crippen LogP contribution is -2.56. The van der Waals surface area contributed by atoms with Crippen LogP contribution >= 0.6 is 0 Å². The van der Waals surface area contributed by atoms with E-state index in [4.69, 9.17) is 9.72 Å². The molecule has 0 radical (unpaired) electrons. The molecule has 10 heteroatoms. The van der Waals surface area contributed by atoms with Crippen molar-refractivity contribution in [2.24, 2.45) is 5.41 Å². The molecule has 3 amide bonds. The van der Waals surface area contributed by atoms with Gasteiger partial charge in [0.15, 0.2) is 0 Å². The molecular weight excluding hydrogens is 655 g/mol. The molecule has 0 N–H and O–H groups in total. The fourth-order valence-electron chi connectivity index (χ4n) is 8.21. The molecular formula is C42H59FN6O3. The van der Waals surface area contributed by atoms with Crippen molar-refractivity contribution in [3.63, 3.8) is 0 Å². The number of halogens is 1. The van der Waals surface area contributed by atoms with Gasteiger partial charge in [0, 0.05) is 50.4 Å². The van der Waals surface area contributed by atoms with Crippen LogP contribution < -0.4 is 0 Å². The summed E-state index contributed by atoms with van der Waals surface area (Å²) in [6.45, 7) is 15.8. The maximum absolute atomic E-state index is 17.3. The highest BCUT2D eigenvalue weighted by Crippen LogP contribution is 2.42. The minimum atomic E-state index is -1.82. The molecule has 4 heterocycles. The van der Waals surface area contributed by atoms with E-state index in [1.54, 1.807) is 4.90 Å². The van der Waals surface area contributed by atoms with Crippen LogP contribution in [-0.4, -0.2) is 104 Å². The fourth-order valence-corrected chi connectivity index (χ4v) is 8.21. The number of amides is 3. The highest BCUT2D eigenvalue weighted by atomic mass is 19.1. The summed E-state index contributed by atoms with van der Waals surface area (Å²) in [4.78, 5) is 41.2. The van der Waals surface area contributed by atoms with Crippen LogP contribution in [0.1, 0.15) is 97.5 Å². The summed E-state index contributed by atoms with van der Waals surface area (Å²) in [5.41, 5.74) is -0.132. The van der Waals surface area contributed by atoms with Crippen molar-refractivity contribution in [1.82, 2.24) is 29.2 Å². The third-order valence-electron chi connectivity index (χ3n) is 10.7. The van der Waals surface area contributed by atoms with Crippen molar-refractivity contribution in [1.29, 1.82) is 0 Å². The Kier molecular flexibility index (Phi) is 11.3. The summed E-state index contributed by atoms with van der Waals surface area (Å²) < 4.78 is 25.1. The largest absolute Gasteiger partial charge is 0.444 e. The van der Waals surface area contributed by atoms with E-state index in [-0.39, 0.29) is 32.1 Å². The Morgan fingerprint density at radius 2 is 1.52 bits per heavy atom. The van der Waals surface area contributed by atoms with Gasteiger partial charge in [0.1, 0.15) is 17.1 Å². The first-order valence-electron chi connectivity index (χ1n) is 19.3. The molecule has 1 unspecified atom stereocenters. The minimum absolute atomic E-state index is 0.123. The van der Waals surface area contributed by atoms with Gasteiger partial charge in [0.05, 0.1) is 24.8 Å². The molecule has 6 rings (SSSR count). The summed E-state index contributed by atoms with van der Waals surface area (Å²) in [7, 11) is 0. The van der Waals surface area contributed by atoms with Gasteiger partial charge in [0.25, 0.3) is 0 Å². The van der Waals surface area contributed by atoms with Gasteiger partial charge in [-0.15, -0.1) is 0 Å². The van der Waals surface area contributed by atoms with E-state index in [0.717, 1.165) is 48.6 Å². The van der Waals surface area contributed by atoms with Crippen LogP contribution in [0.25, 0.3) is 11.3 Å². The van der Waals surface area contributed by atoms with Gasteiger partial charge < -0.3 is 28.9 Å². The highest BCUT2D eigenvalue weighted by molar-refractivity contribution is 5.75. The maximum atomic E-state index is 17.3. The van der Waals surface area contributed by atoms with Gasteiger partial charge in [-0.3, -0.25) is 0 Å². The lowest BCUT2D eigenvalue weighted by Gasteiger charge is -2.46. The van der Waals surface area contributed by atoms with E-state index in [1.807, 2.05) is 74.2 Å². The fraction of sp³-hybridized carbons (Fsp3) is 0.595. The van der Waals surface area contributed by atoms with Gasteiger partial charge in [-0.1, -0.05) is 87.9 Å². The third kappa shape index (κ3) is 9.17. The Labute approximate surface area is 310 Å². The summed E-state index contributed by atoms with van der Waals surface area (Å²) in [6.07, 6.45) is 7.24. The van der Waals surface area contributed by atoms with E-state index >= 15 is 9.18 Å². The average Bonchev–Trinajstić information content (AvgIpc) is 3.71. The molecule has 0 bridgehead atoms. The smallest absolute Gasteiger partial charge is 0.410 e. The Balaban J connectivity index is 1.36. The number of piperidine rings is 2. The zero-order valence-corrected chi connectivity index (χ0v) is 32.2. The number of rotatable bonds is 8. The number of aromatic nitrogens is 2. The molecule has 0 saturated carbocycles. The van der Waals surface area contributed by atoms with Gasteiger partial charge >= 0.3 is 12.1 Å². The van der Waals surface area contributed by atoms with Crippen molar-refractivity contribution in [2.45, 2.75) is 110 Å². The second-order valence-electron chi connectivity index (χ2n) is 17.3. The molecule has 3 saturated heterocycles. The molecule has 3 fully saturated rings.